The zero-order valence-corrected chi connectivity index (χ0v) is 6.97. The van der Waals surface area contributed by atoms with E-state index in [1.165, 1.54) is 12.3 Å². The van der Waals surface area contributed by atoms with E-state index >= 15 is 0 Å². The molecule has 1 rings (SSSR count). The van der Waals surface area contributed by atoms with E-state index in [-0.39, 0.29) is 17.5 Å². The SMILES string of the molecule is N=C(CO)c1cnc(Cl)cc1N. The van der Waals surface area contributed by atoms with Gasteiger partial charge in [0.1, 0.15) is 5.15 Å². The third kappa shape index (κ3) is 1.72. The maximum Gasteiger partial charge on any atom is 0.131 e. The molecule has 4 nitrogen and oxygen atoms in total. The van der Waals surface area contributed by atoms with Gasteiger partial charge in [0.05, 0.1) is 12.3 Å². The smallest absolute Gasteiger partial charge is 0.131 e. The molecule has 0 aliphatic rings. The Bertz CT molecular complexity index is 314. The summed E-state index contributed by atoms with van der Waals surface area (Å²) in [6.07, 6.45) is 1.37. The summed E-state index contributed by atoms with van der Waals surface area (Å²) in [6.45, 7) is -0.354. The number of rotatable bonds is 2. The van der Waals surface area contributed by atoms with Gasteiger partial charge in [-0.05, 0) is 6.07 Å². The number of aliphatic hydroxyl groups excluding tert-OH is 1. The summed E-state index contributed by atoms with van der Waals surface area (Å²) in [5.41, 5.74) is 6.33. The van der Waals surface area contributed by atoms with Crippen LogP contribution in [-0.2, 0) is 0 Å². The third-order valence-corrected chi connectivity index (χ3v) is 1.59. The minimum Gasteiger partial charge on any atom is -0.398 e. The molecule has 0 saturated carbocycles. The lowest BCUT2D eigenvalue weighted by molar-refractivity contribution is 0.357. The van der Waals surface area contributed by atoms with Gasteiger partial charge in [-0.15, -0.1) is 0 Å². The number of hydrogen-bond acceptors (Lipinski definition) is 4. The Kier molecular flexibility index (Phi) is 2.62. The highest BCUT2D eigenvalue weighted by molar-refractivity contribution is 6.29. The molecule has 0 radical (unpaired) electrons. The minimum atomic E-state index is -0.354. The van der Waals surface area contributed by atoms with Crippen molar-refractivity contribution in [1.82, 2.24) is 4.98 Å². The number of anilines is 1. The largest absolute Gasteiger partial charge is 0.398 e. The van der Waals surface area contributed by atoms with Crippen LogP contribution in [0.4, 0.5) is 5.69 Å². The molecule has 12 heavy (non-hydrogen) atoms. The average molecular weight is 186 g/mol. The zero-order chi connectivity index (χ0) is 9.14. The first-order valence-corrected chi connectivity index (χ1v) is 3.62. The molecule has 0 atom stereocenters. The second kappa shape index (κ2) is 3.51. The van der Waals surface area contributed by atoms with Crippen molar-refractivity contribution in [3.8, 4) is 0 Å². The number of aromatic nitrogens is 1. The van der Waals surface area contributed by atoms with Crippen LogP contribution in [0.15, 0.2) is 12.3 Å². The van der Waals surface area contributed by atoms with Crippen LogP contribution in [0.3, 0.4) is 0 Å². The van der Waals surface area contributed by atoms with Crippen LogP contribution in [-0.4, -0.2) is 22.4 Å². The highest BCUT2D eigenvalue weighted by Gasteiger charge is 2.05. The summed E-state index contributed by atoms with van der Waals surface area (Å²) in [4.78, 5) is 3.74. The molecule has 0 aromatic carbocycles. The predicted octanol–water partition coefficient (Wildman–Crippen LogP) is 0.677. The number of aliphatic hydroxyl groups is 1. The lowest BCUT2D eigenvalue weighted by Gasteiger charge is -2.03. The van der Waals surface area contributed by atoms with E-state index in [0.29, 0.717) is 11.3 Å². The van der Waals surface area contributed by atoms with E-state index in [2.05, 4.69) is 4.98 Å². The fourth-order valence-electron chi connectivity index (χ4n) is 0.781. The van der Waals surface area contributed by atoms with Crippen molar-refractivity contribution >= 4 is 23.0 Å². The maximum absolute atomic E-state index is 8.64. The standard InChI is InChI=1S/C7H8ClN3O/c8-7-1-5(9)4(2-11-7)6(10)3-12/h1-2,10,12H,3H2,(H2,9,11). The summed E-state index contributed by atoms with van der Waals surface area (Å²) in [5.74, 6) is 0. The molecule has 0 bridgehead atoms. The molecule has 5 heteroatoms. The quantitative estimate of drug-likeness (QED) is 0.468. The second-order valence-corrected chi connectivity index (χ2v) is 2.62. The molecule has 1 aromatic heterocycles. The molecule has 0 fully saturated rings. The Morgan fingerprint density at radius 3 is 2.92 bits per heavy atom. The van der Waals surface area contributed by atoms with Gasteiger partial charge in [-0.25, -0.2) is 4.98 Å². The molecular weight excluding hydrogens is 178 g/mol. The van der Waals surface area contributed by atoms with Crippen molar-refractivity contribution in [1.29, 1.82) is 5.41 Å². The first-order chi connectivity index (χ1) is 5.65. The van der Waals surface area contributed by atoms with Crippen LogP contribution >= 0.6 is 11.6 Å². The van der Waals surface area contributed by atoms with Crippen LogP contribution in [0.5, 0.6) is 0 Å². The molecule has 0 amide bonds. The Hall–Kier alpha value is -1.13. The fraction of sp³-hybridized carbons (Fsp3) is 0.143. The van der Waals surface area contributed by atoms with Crippen LogP contribution in [0.25, 0.3) is 0 Å². The van der Waals surface area contributed by atoms with Gasteiger partial charge < -0.3 is 16.2 Å². The first kappa shape index (κ1) is 8.96. The summed E-state index contributed by atoms with van der Waals surface area (Å²) in [5, 5.41) is 16.2. The first-order valence-electron chi connectivity index (χ1n) is 3.25. The number of nitrogens with two attached hydrogens (primary N) is 1. The number of hydrogen-bond donors (Lipinski definition) is 3. The molecule has 4 N–H and O–H groups in total. The van der Waals surface area contributed by atoms with E-state index < -0.39 is 0 Å². The number of nitrogen functional groups attached to an aromatic ring is 1. The van der Waals surface area contributed by atoms with Gasteiger partial charge in [0, 0.05) is 17.4 Å². The van der Waals surface area contributed by atoms with Crippen LogP contribution in [0, 0.1) is 5.41 Å². The van der Waals surface area contributed by atoms with Crippen LogP contribution < -0.4 is 5.73 Å². The zero-order valence-electron chi connectivity index (χ0n) is 6.21. The summed E-state index contributed by atoms with van der Waals surface area (Å²) < 4.78 is 0. The minimum absolute atomic E-state index is 0.0386. The molecule has 1 heterocycles. The summed E-state index contributed by atoms with van der Waals surface area (Å²) in [6, 6.07) is 1.45. The van der Waals surface area contributed by atoms with Crippen molar-refractivity contribution in [2.45, 2.75) is 0 Å². The number of pyridine rings is 1. The lowest BCUT2D eigenvalue weighted by atomic mass is 10.1. The monoisotopic (exact) mass is 185 g/mol. The van der Waals surface area contributed by atoms with E-state index in [1.807, 2.05) is 0 Å². The fourth-order valence-corrected chi connectivity index (χ4v) is 0.948. The van der Waals surface area contributed by atoms with E-state index in [1.54, 1.807) is 0 Å². The molecule has 0 unspecified atom stereocenters. The van der Waals surface area contributed by atoms with Crippen molar-refractivity contribution in [3.05, 3.63) is 23.0 Å². The average Bonchev–Trinajstić information content (AvgIpc) is 2.03. The van der Waals surface area contributed by atoms with Crippen molar-refractivity contribution in [2.75, 3.05) is 12.3 Å². The molecule has 0 aliphatic carbocycles. The van der Waals surface area contributed by atoms with Crippen molar-refractivity contribution in [2.24, 2.45) is 0 Å². The van der Waals surface area contributed by atoms with Gasteiger partial charge in [0.25, 0.3) is 0 Å². The number of halogens is 1. The third-order valence-electron chi connectivity index (χ3n) is 1.39. The lowest BCUT2D eigenvalue weighted by Crippen LogP contribution is -2.08. The summed E-state index contributed by atoms with van der Waals surface area (Å²) >= 11 is 5.54. The van der Waals surface area contributed by atoms with Gasteiger partial charge in [-0.1, -0.05) is 11.6 Å². The van der Waals surface area contributed by atoms with Gasteiger partial charge >= 0.3 is 0 Å². The topological polar surface area (TPSA) is 83.0 Å². The van der Waals surface area contributed by atoms with Crippen LogP contribution in [0.2, 0.25) is 5.15 Å². The Morgan fingerprint density at radius 2 is 2.42 bits per heavy atom. The van der Waals surface area contributed by atoms with Crippen LogP contribution in [0.1, 0.15) is 5.56 Å². The normalized spacial score (nSPS) is 9.83. The highest BCUT2D eigenvalue weighted by atomic mass is 35.5. The number of nitrogens with zero attached hydrogens (tertiary/aromatic N) is 1. The van der Waals surface area contributed by atoms with E-state index in [0.717, 1.165) is 0 Å². The van der Waals surface area contributed by atoms with Crippen molar-refractivity contribution < 1.29 is 5.11 Å². The van der Waals surface area contributed by atoms with Gasteiger partial charge in [0.15, 0.2) is 0 Å². The van der Waals surface area contributed by atoms with Gasteiger partial charge in [-0.2, -0.15) is 0 Å². The molecular formula is C7H8ClN3O. The maximum atomic E-state index is 8.64. The summed E-state index contributed by atoms with van der Waals surface area (Å²) in [7, 11) is 0. The van der Waals surface area contributed by atoms with Crippen molar-refractivity contribution in [3.63, 3.8) is 0 Å². The molecule has 0 saturated heterocycles. The Morgan fingerprint density at radius 1 is 1.75 bits per heavy atom. The van der Waals surface area contributed by atoms with Gasteiger partial charge in [-0.3, -0.25) is 0 Å². The predicted molar refractivity (Wildman–Crippen MR) is 47.6 cm³/mol. The Balaban J connectivity index is 3.09. The second-order valence-electron chi connectivity index (χ2n) is 2.23. The molecule has 0 spiro atoms. The van der Waals surface area contributed by atoms with Gasteiger partial charge in [0.2, 0.25) is 0 Å². The highest BCUT2D eigenvalue weighted by Crippen LogP contribution is 2.14. The molecule has 1 aromatic rings. The van der Waals surface area contributed by atoms with E-state index in [4.69, 9.17) is 27.9 Å². The number of nitrogens with one attached hydrogen (secondary N) is 1. The molecule has 64 valence electrons. The Labute approximate surface area is 74.5 Å². The molecule has 0 aliphatic heterocycles. The van der Waals surface area contributed by atoms with E-state index in [9.17, 15) is 0 Å².